The fraction of sp³-hybridized carbons (Fsp3) is 0.143. The number of halogens is 2. The summed E-state index contributed by atoms with van der Waals surface area (Å²) in [4.78, 5) is 12.0. The Balaban J connectivity index is 1.68. The minimum absolute atomic E-state index is 0.206. The minimum atomic E-state index is -0.418. The Kier molecular flexibility index (Phi) is 7.16. The average Bonchev–Trinajstić information content (AvgIpc) is 3.14. The molecule has 0 spiro atoms. The van der Waals surface area contributed by atoms with Gasteiger partial charge in [0.2, 0.25) is 0 Å². The van der Waals surface area contributed by atoms with Crippen LogP contribution in [-0.4, -0.2) is 19.2 Å². The highest BCUT2D eigenvalue weighted by Gasteiger charge is 2.12. The van der Waals surface area contributed by atoms with Gasteiger partial charge in [-0.1, -0.05) is 23.7 Å². The smallest absolute Gasteiger partial charge is 0.307 e. The maximum Gasteiger partial charge on any atom is 0.307 e. The molecule has 1 N–H and O–H groups in total. The minimum Gasteiger partial charge on any atom is -0.493 e. The molecule has 1 amide bonds. The molecule has 6 nitrogen and oxygen atoms in total. The molecular formula is C21H18ClIN2O4. The summed E-state index contributed by atoms with van der Waals surface area (Å²) >= 11 is 8.08. The van der Waals surface area contributed by atoms with Crippen LogP contribution in [0.4, 0.5) is 0 Å². The molecule has 1 aromatic heterocycles. The summed E-state index contributed by atoms with van der Waals surface area (Å²) in [5.41, 5.74) is 4.18. The van der Waals surface area contributed by atoms with Crippen LogP contribution >= 0.6 is 34.2 Å². The third-order valence-corrected chi connectivity index (χ3v) is 4.95. The second-order valence-corrected chi connectivity index (χ2v) is 7.66. The van der Waals surface area contributed by atoms with Gasteiger partial charge in [0.25, 0.3) is 0 Å². The molecule has 0 bridgehead atoms. The summed E-state index contributed by atoms with van der Waals surface area (Å²) in [5.74, 6) is 1.65. The molecule has 0 atom stereocenters. The van der Waals surface area contributed by atoms with Crippen molar-refractivity contribution in [3.05, 3.63) is 79.8 Å². The van der Waals surface area contributed by atoms with Gasteiger partial charge in [-0.25, -0.2) is 5.43 Å². The van der Waals surface area contributed by atoms with Crippen LogP contribution in [0.2, 0.25) is 5.02 Å². The van der Waals surface area contributed by atoms with Crippen molar-refractivity contribution in [2.24, 2.45) is 5.10 Å². The molecule has 0 aliphatic heterocycles. The number of nitrogens with one attached hydrogen (secondary N) is 1. The van der Waals surface area contributed by atoms with E-state index in [4.69, 9.17) is 25.5 Å². The van der Waals surface area contributed by atoms with Crippen molar-refractivity contribution < 1.29 is 18.7 Å². The Morgan fingerprint density at radius 1 is 1.24 bits per heavy atom. The SMILES string of the molecule is COc1cc(/C=N/NC(=O)c2ccc(C)o2)cc(I)c1OCc1ccc(Cl)cc1. The molecular weight excluding hydrogens is 507 g/mol. The number of hydrogen-bond acceptors (Lipinski definition) is 5. The zero-order chi connectivity index (χ0) is 20.8. The predicted molar refractivity (Wildman–Crippen MR) is 120 cm³/mol. The maximum atomic E-state index is 12.0. The number of carbonyl (C=O) groups is 1. The normalized spacial score (nSPS) is 10.9. The number of benzene rings is 2. The van der Waals surface area contributed by atoms with Crippen molar-refractivity contribution in [2.45, 2.75) is 13.5 Å². The van der Waals surface area contributed by atoms with E-state index in [1.807, 2.05) is 30.3 Å². The quantitative estimate of drug-likeness (QED) is 0.262. The second kappa shape index (κ2) is 9.80. The van der Waals surface area contributed by atoms with Crippen molar-refractivity contribution in [3.63, 3.8) is 0 Å². The number of hydrazone groups is 1. The Morgan fingerprint density at radius 2 is 2.00 bits per heavy atom. The van der Waals surface area contributed by atoms with E-state index >= 15 is 0 Å². The molecule has 0 saturated heterocycles. The lowest BCUT2D eigenvalue weighted by Crippen LogP contribution is -2.16. The first kappa shape index (κ1) is 21.2. The summed E-state index contributed by atoms with van der Waals surface area (Å²) in [6.45, 7) is 2.15. The van der Waals surface area contributed by atoms with E-state index in [2.05, 4.69) is 33.1 Å². The van der Waals surface area contributed by atoms with Crippen LogP contribution in [0.15, 0.2) is 58.0 Å². The first-order valence-electron chi connectivity index (χ1n) is 8.61. The molecule has 0 aliphatic carbocycles. The first-order valence-corrected chi connectivity index (χ1v) is 10.1. The Labute approximate surface area is 187 Å². The summed E-state index contributed by atoms with van der Waals surface area (Å²) in [6, 6.07) is 14.4. The number of amides is 1. The van der Waals surface area contributed by atoms with Crippen molar-refractivity contribution in [1.82, 2.24) is 5.43 Å². The van der Waals surface area contributed by atoms with Crippen LogP contribution in [-0.2, 0) is 6.61 Å². The fourth-order valence-electron chi connectivity index (χ4n) is 2.47. The standard InChI is InChI=1S/C21H18ClIN2O4/c1-13-3-8-18(29-13)21(26)25-24-11-15-9-17(23)20(19(10-15)27-2)28-12-14-4-6-16(22)7-5-14/h3-11H,12H2,1-2H3,(H,25,26)/b24-11+. The lowest BCUT2D eigenvalue weighted by atomic mass is 10.2. The Morgan fingerprint density at radius 3 is 2.66 bits per heavy atom. The number of methoxy groups -OCH3 is 1. The highest BCUT2D eigenvalue weighted by atomic mass is 127. The van der Waals surface area contributed by atoms with E-state index < -0.39 is 5.91 Å². The maximum absolute atomic E-state index is 12.0. The third-order valence-electron chi connectivity index (χ3n) is 3.89. The second-order valence-electron chi connectivity index (χ2n) is 6.06. The van der Waals surface area contributed by atoms with Crippen LogP contribution < -0.4 is 14.9 Å². The molecule has 8 heteroatoms. The van der Waals surface area contributed by atoms with Gasteiger partial charge in [0.1, 0.15) is 12.4 Å². The predicted octanol–water partition coefficient (Wildman–Crippen LogP) is 5.20. The van der Waals surface area contributed by atoms with E-state index in [1.54, 1.807) is 32.2 Å². The fourth-order valence-corrected chi connectivity index (χ4v) is 3.37. The average molecular weight is 525 g/mol. The Bertz CT molecular complexity index is 1030. The van der Waals surface area contributed by atoms with Gasteiger partial charge in [-0.15, -0.1) is 0 Å². The van der Waals surface area contributed by atoms with Crippen LogP contribution in [0.1, 0.15) is 27.4 Å². The summed E-state index contributed by atoms with van der Waals surface area (Å²) in [7, 11) is 1.57. The lowest BCUT2D eigenvalue weighted by molar-refractivity contribution is 0.0926. The van der Waals surface area contributed by atoms with Gasteiger partial charge in [0, 0.05) is 5.02 Å². The monoisotopic (exact) mass is 524 g/mol. The highest BCUT2D eigenvalue weighted by Crippen LogP contribution is 2.34. The van der Waals surface area contributed by atoms with Gasteiger partial charge >= 0.3 is 5.91 Å². The highest BCUT2D eigenvalue weighted by molar-refractivity contribution is 14.1. The van der Waals surface area contributed by atoms with Crippen LogP contribution in [0.25, 0.3) is 0 Å². The van der Waals surface area contributed by atoms with Crippen LogP contribution in [0, 0.1) is 10.5 Å². The largest absolute Gasteiger partial charge is 0.493 e. The molecule has 150 valence electrons. The molecule has 0 fully saturated rings. The summed E-state index contributed by atoms with van der Waals surface area (Å²) in [5, 5.41) is 4.66. The van der Waals surface area contributed by atoms with E-state index in [0.717, 1.165) is 14.7 Å². The molecule has 2 aromatic carbocycles. The number of furan rings is 1. The number of ether oxygens (including phenoxy) is 2. The van der Waals surface area contributed by atoms with Gasteiger partial charge in [-0.3, -0.25) is 4.79 Å². The molecule has 0 aliphatic rings. The van der Waals surface area contributed by atoms with Gasteiger partial charge in [-0.05, 0) is 77.0 Å². The molecule has 0 saturated carbocycles. The number of nitrogens with zero attached hydrogens (tertiary/aromatic N) is 1. The number of rotatable bonds is 7. The van der Waals surface area contributed by atoms with Gasteiger partial charge in [0.05, 0.1) is 16.9 Å². The third kappa shape index (κ3) is 5.74. The van der Waals surface area contributed by atoms with Crippen molar-refractivity contribution >= 4 is 46.3 Å². The van der Waals surface area contributed by atoms with Crippen molar-refractivity contribution in [2.75, 3.05) is 7.11 Å². The van der Waals surface area contributed by atoms with Crippen LogP contribution in [0.3, 0.4) is 0 Å². The van der Waals surface area contributed by atoms with Gasteiger partial charge in [-0.2, -0.15) is 5.10 Å². The molecule has 29 heavy (non-hydrogen) atoms. The Hall–Kier alpha value is -2.52. The molecule has 0 radical (unpaired) electrons. The first-order chi connectivity index (χ1) is 14.0. The topological polar surface area (TPSA) is 73.1 Å². The molecule has 0 unspecified atom stereocenters. The zero-order valence-electron chi connectivity index (χ0n) is 15.7. The van der Waals surface area contributed by atoms with Crippen molar-refractivity contribution in [3.8, 4) is 11.5 Å². The number of aryl methyl sites for hydroxylation is 1. The van der Waals surface area contributed by atoms with Gasteiger partial charge < -0.3 is 13.9 Å². The van der Waals surface area contributed by atoms with Crippen LogP contribution in [0.5, 0.6) is 11.5 Å². The summed E-state index contributed by atoms with van der Waals surface area (Å²) in [6.07, 6.45) is 1.53. The molecule has 3 aromatic rings. The van der Waals surface area contributed by atoms with Crippen molar-refractivity contribution in [1.29, 1.82) is 0 Å². The van der Waals surface area contributed by atoms with E-state index in [1.165, 1.54) is 6.21 Å². The zero-order valence-corrected chi connectivity index (χ0v) is 18.7. The van der Waals surface area contributed by atoms with E-state index in [-0.39, 0.29) is 5.76 Å². The lowest BCUT2D eigenvalue weighted by Gasteiger charge is -2.13. The van der Waals surface area contributed by atoms with E-state index in [9.17, 15) is 4.79 Å². The van der Waals surface area contributed by atoms with Gasteiger partial charge in [0.15, 0.2) is 17.3 Å². The number of hydrogen-bond donors (Lipinski definition) is 1. The molecule has 3 rings (SSSR count). The summed E-state index contributed by atoms with van der Waals surface area (Å²) < 4.78 is 17.5. The van der Waals surface area contributed by atoms with E-state index in [0.29, 0.717) is 28.9 Å². The number of carbonyl (C=O) groups excluding carboxylic acids is 1. The molecule has 1 heterocycles.